The van der Waals surface area contributed by atoms with Crippen LogP contribution in [0.3, 0.4) is 0 Å². The van der Waals surface area contributed by atoms with Gasteiger partial charge in [0.15, 0.2) is 0 Å². The molecule has 0 spiro atoms. The predicted octanol–water partition coefficient (Wildman–Crippen LogP) is 3.78. The average Bonchev–Trinajstić information content (AvgIpc) is 2.84. The highest BCUT2D eigenvalue weighted by Crippen LogP contribution is 2.23. The van der Waals surface area contributed by atoms with E-state index < -0.39 is 26.3 Å². The molecule has 0 bridgehead atoms. The number of benzene rings is 2. The van der Waals surface area contributed by atoms with E-state index >= 15 is 0 Å². The van der Waals surface area contributed by atoms with Crippen LogP contribution in [0.25, 0.3) is 10.8 Å². The van der Waals surface area contributed by atoms with Gasteiger partial charge in [-0.15, -0.1) is 0 Å². The molecule has 2 aromatic carbocycles. The van der Waals surface area contributed by atoms with Crippen LogP contribution in [0.2, 0.25) is 0 Å². The van der Waals surface area contributed by atoms with E-state index in [1.54, 1.807) is 15.9 Å². The Morgan fingerprint density at radius 1 is 1.06 bits per heavy atom. The van der Waals surface area contributed by atoms with Crippen molar-refractivity contribution in [1.82, 2.24) is 20.0 Å². The number of aromatic amines is 1. The van der Waals surface area contributed by atoms with Crippen molar-refractivity contribution >= 4 is 48.0 Å². The van der Waals surface area contributed by atoms with Gasteiger partial charge in [-0.25, -0.2) is 9.89 Å². The molecule has 1 aliphatic rings. The summed E-state index contributed by atoms with van der Waals surface area (Å²) in [6.07, 6.45) is 0.135. The molecule has 184 valence electrons. The Kier molecular flexibility index (Phi) is 7.34. The Hall–Kier alpha value is -3.08. The zero-order valence-corrected chi connectivity index (χ0v) is 22.3. The van der Waals surface area contributed by atoms with Crippen LogP contribution in [0.15, 0.2) is 47.3 Å². The topological polar surface area (TPSA) is 95.6 Å². The summed E-state index contributed by atoms with van der Waals surface area (Å²) in [6, 6.07) is 13.3. The number of carbonyl (C=O) groups is 2. The van der Waals surface area contributed by atoms with Gasteiger partial charge in [0, 0.05) is 41.6 Å². The molecule has 0 saturated carbocycles. The third kappa shape index (κ3) is 5.77. The summed E-state index contributed by atoms with van der Waals surface area (Å²) in [5.74, 6) is -0.0478. The number of hydrogen-bond acceptors (Lipinski definition) is 5. The highest BCUT2D eigenvalue weighted by Gasteiger charge is 2.29. The Balaban J connectivity index is 1.53. The van der Waals surface area contributed by atoms with Crippen molar-refractivity contribution in [3.05, 3.63) is 73.2 Å². The minimum absolute atomic E-state index is 0.0478. The first-order valence-corrected chi connectivity index (χ1v) is 14.0. The van der Waals surface area contributed by atoms with Crippen LogP contribution in [-0.4, -0.2) is 68.3 Å². The lowest BCUT2D eigenvalue weighted by molar-refractivity contribution is 0.0140. The highest BCUT2D eigenvalue weighted by molar-refractivity contribution is 14.2. The van der Waals surface area contributed by atoms with Crippen molar-refractivity contribution in [2.24, 2.45) is 0 Å². The van der Waals surface area contributed by atoms with Crippen LogP contribution < -0.4 is 5.56 Å². The van der Waals surface area contributed by atoms with Gasteiger partial charge in [0.25, 0.3) is 11.5 Å². The first-order valence-electron chi connectivity index (χ1n) is 11.4. The van der Waals surface area contributed by atoms with Crippen molar-refractivity contribution in [1.29, 1.82) is 0 Å². The third-order valence-corrected chi connectivity index (χ3v) is 7.53. The van der Waals surface area contributed by atoms with Gasteiger partial charge < -0.3 is 14.5 Å². The van der Waals surface area contributed by atoms with E-state index in [0.29, 0.717) is 43.5 Å². The van der Waals surface area contributed by atoms with Gasteiger partial charge in [-0.2, -0.15) is 5.10 Å². The number of H-pyrrole nitrogens is 1. The number of hydrogen-bond donors (Lipinski definition) is 1. The number of fused-ring (bicyclic) bond motifs is 1. The van der Waals surface area contributed by atoms with Crippen molar-refractivity contribution in [2.45, 2.75) is 32.8 Å². The van der Waals surface area contributed by atoms with E-state index in [9.17, 15) is 14.4 Å². The second kappa shape index (κ2) is 10.3. The molecular formula is C26H29IN4O4. The summed E-state index contributed by atoms with van der Waals surface area (Å²) in [4.78, 5) is 41.4. The number of carbonyl (C=O) groups excluding carboxylic acids is 2. The molecule has 3 aromatic rings. The molecule has 1 saturated heterocycles. The maximum Gasteiger partial charge on any atom is 0.410 e. The summed E-state index contributed by atoms with van der Waals surface area (Å²) in [6.45, 7) is 7.28. The monoisotopic (exact) mass is 588 g/mol. The van der Waals surface area contributed by atoms with Crippen LogP contribution in [0, 0.1) is 3.57 Å². The van der Waals surface area contributed by atoms with E-state index in [1.165, 1.54) is 0 Å². The second-order valence-electron chi connectivity index (χ2n) is 9.43. The van der Waals surface area contributed by atoms with Gasteiger partial charge in [0.1, 0.15) is 5.60 Å². The number of aromatic nitrogens is 2. The molecule has 0 unspecified atom stereocenters. The quantitative estimate of drug-likeness (QED) is 0.469. The SMILES string of the molecule is C=Ic1ccc(Cc2n[nH]c(=O)c3ccccc23)cc1C(=O)N1CCN(C(=O)OC(C)(C)C)CC1. The van der Waals surface area contributed by atoms with Crippen molar-refractivity contribution in [3.63, 3.8) is 0 Å². The van der Waals surface area contributed by atoms with E-state index in [4.69, 9.17) is 4.74 Å². The smallest absolute Gasteiger partial charge is 0.410 e. The zero-order valence-electron chi connectivity index (χ0n) is 20.1. The predicted molar refractivity (Wildman–Crippen MR) is 145 cm³/mol. The molecule has 4 rings (SSSR count). The van der Waals surface area contributed by atoms with Crippen molar-refractivity contribution in [3.8, 4) is 0 Å². The largest absolute Gasteiger partial charge is 0.444 e. The summed E-state index contributed by atoms with van der Waals surface area (Å²) >= 11 is -0.556. The number of amides is 2. The Bertz CT molecular complexity index is 1340. The van der Waals surface area contributed by atoms with Crippen molar-refractivity contribution in [2.75, 3.05) is 26.2 Å². The zero-order chi connectivity index (χ0) is 25.2. The molecule has 9 heteroatoms. The summed E-state index contributed by atoms with van der Waals surface area (Å²) in [5, 5.41) is 8.24. The number of ether oxygens (including phenoxy) is 1. The normalized spacial score (nSPS) is 14.3. The molecule has 1 N–H and O–H groups in total. The van der Waals surface area contributed by atoms with Crippen molar-refractivity contribution < 1.29 is 14.3 Å². The lowest BCUT2D eigenvalue weighted by Crippen LogP contribution is -2.51. The van der Waals surface area contributed by atoms with Crippen LogP contribution in [0.4, 0.5) is 4.79 Å². The molecule has 35 heavy (non-hydrogen) atoms. The van der Waals surface area contributed by atoms with E-state index in [2.05, 4.69) is 14.7 Å². The van der Waals surface area contributed by atoms with Gasteiger partial charge in [-0.05, 0) is 44.5 Å². The first kappa shape index (κ1) is 25.0. The molecule has 1 aliphatic heterocycles. The molecule has 0 atom stereocenters. The molecule has 2 amide bonds. The fourth-order valence-electron chi connectivity index (χ4n) is 4.05. The Morgan fingerprint density at radius 2 is 1.71 bits per heavy atom. The second-order valence-corrected chi connectivity index (χ2v) is 11.4. The molecule has 1 aromatic heterocycles. The number of halogens is 1. The van der Waals surface area contributed by atoms with E-state index in [0.717, 1.165) is 20.2 Å². The maximum atomic E-state index is 13.5. The summed E-state index contributed by atoms with van der Waals surface area (Å²) in [5.41, 5.74) is 1.57. The molecule has 0 aliphatic carbocycles. The summed E-state index contributed by atoms with van der Waals surface area (Å²) < 4.78 is 10.5. The van der Waals surface area contributed by atoms with E-state index in [1.807, 2.05) is 57.2 Å². The van der Waals surface area contributed by atoms with Gasteiger partial charge in [-0.1, -0.05) is 49.5 Å². The van der Waals surface area contributed by atoms with Gasteiger partial charge in [0.2, 0.25) is 0 Å². The fraction of sp³-hybridized carbons (Fsp3) is 0.346. The first-order chi connectivity index (χ1) is 16.7. The Labute approximate surface area is 214 Å². The molecule has 8 nitrogen and oxygen atoms in total. The Morgan fingerprint density at radius 3 is 2.37 bits per heavy atom. The number of rotatable bonds is 4. The molecule has 1 fully saturated rings. The van der Waals surface area contributed by atoms with Gasteiger partial charge >= 0.3 is 6.09 Å². The number of nitrogens with zero attached hydrogens (tertiary/aromatic N) is 3. The lowest BCUT2D eigenvalue weighted by Gasteiger charge is -2.35. The molecule has 2 heterocycles. The van der Waals surface area contributed by atoms with E-state index in [-0.39, 0.29) is 17.6 Å². The maximum absolute atomic E-state index is 13.5. The van der Waals surface area contributed by atoms with Crippen LogP contribution >= 0.6 is 20.7 Å². The highest BCUT2D eigenvalue weighted by atomic mass is 127. The third-order valence-electron chi connectivity index (χ3n) is 5.77. The lowest BCUT2D eigenvalue weighted by atomic mass is 10.0. The molecular weight excluding hydrogens is 559 g/mol. The minimum atomic E-state index is -0.556. The number of nitrogens with one attached hydrogen (secondary N) is 1. The van der Waals surface area contributed by atoms with Gasteiger partial charge in [0.05, 0.1) is 16.6 Å². The average molecular weight is 588 g/mol. The van der Waals surface area contributed by atoms with Crippen LogP contribution in [0.1, 0.15) is 42.4 Å². The minimum Gasteiger partial charge on any atom is -0.444 e. The van der Waals surface area contributed by atoms with Crippen LogP contribution in [0.5, 0.6) is 0 Å². The van der Waals surface area contributed by atoms with Gasteiger partial charge in [-0.3, -0.25) is 9.59 Å². The standard InChI is InChI=1S/C26H29IN4O4/c1-26(2,3)35-25(34)31-13-11-30(12-14-31)24(33)20-15-17(9-10-21(20)27-4)16-22-18-7-5-6-8-19(18)23(32)29-28-22/h5-10,15H,4,11-14,16H2,1-3H3,(H,29,32). The van der Waals surface area contributed by atoms with Crippen LogP contribution in [-0.2, 0) is 11.2 Å². The number of piperazine rings is 1. The molecule has 0 radical (unpaired) electrons. The fourth-order valence-corrected chi connectivity index (χ4v) is 5.28. The summed E-state index contributed by atoms with van der Waals surface area (Å²) in [7, 11) is 0.